The van der Waals surface area contributed by atoms with Crippen LogP contribution in [0.3, 0.4) is 0 Å². The molecule has 0 amide bonds. The average Bonchev–Trinajstić information content (AvgIpc) is 2.82. The molecule has 8 heteroatoms. The molecule has 0 N–H and O–H groups in total. The van der Waals surface area contributed by atoms with Crippen LogP contribution in [0, 0.1) is 5.82 Å². The van der Waals surface area contributed by atoms with Gasteiger partial charge in [0.2, 0.25) is 0 Å². The molecule has 20 heavy (non-hydrogen) atoms. The third kappa shape index (κ3) is 2.49. The van der Waals surface area contributed by atoms with Gasteiger partial charge < -0.3 is 4.74 Å². The highest BCUT2D eigenvalue weighted by Gasteiger charge is 2.25. The molecule has 106 valence electrons. The lowest BCUT2D eigenvalue weighted by Gasteiger charge is -2.09. The number of methoxy groups -OCH3 is 1. The Morgan fingerprint density at radius 3 is 2.70 bits per heavy atom. The Bertz CT molecular complexity index is 658. The number of aromatic nitrogens is 2. The van der Waals surface area contributed by atoms with E-state index in [9.17, 15) is 18.0 Å². The third-order valence-corrected chi connectivity index (χ3v) is 2.80. The third-order valence-electron chi connectivity index (χ3n) is 2.57. The summed E-state index contributed by atoms with van der Waals surface area (Å²) < 4.78 is 44.6. The molecular formula is C12H8ClF3N2O2. The van der Waals surface area contributed by atoms with E-state index in [2.05, 4.69) is 9.72 Å². The lowest BCUT2D eigenvalue weighted by Crippen LogP contribution is -2.07. The van der Waals surface area contributed by atoms with Gasteiger partial charge in [-0.3, -0.25) is 4.57 Å². The molecule has 2 rings (SSSR count). The Kier molecular flexibility index (Phi) is 3.99. The normalized spacial score (nSPS) is 10.9. The molecule has 0 aliphatic carbocycles. The molecule has 0 atom stereocenters. The zero-order valence-corrected chi connectivity index (χ0v) is 10.9. The summed E-state index contributed by atoms with van der Waals surface area (Å²) in [6, 6.07) is 3.48. The predicted octanol–water partition coefficient (Wildman–Crippen LogP) is 3.52. The number of carbonyl (C=O) groups is 1. The highest BCUT2D eigenvalue weighted by atomic mass is 35.5. The maximum atomic E-state index is 13.9. The lowest BCUT2D eigenvalue weighted by molar-refractivity contribution is 0.0593. The minimum atomic E-state index is -2.98. The molecule has 0 saturated heterocycles. The molecule has 1 aromatic heterocycles. The van der Waals surface area contributed by atoms with Gasteiger partial charge >= 0.3 is 12.5 Å². The van der Waals surface area contributed by atoms with Gasteiger partial charge in [-0.2, -0.15) is 8.78 Å². The van der Waals surface area contributed by atoms with Crippen LogP contribution in [-0.4, -0.2) is 22.6 Å². The summed E-state index contributed by atoms with van der Waals surface area (Å²) in [5.41, 5.74) is -0.970. The van der Waals surface area contributed by atoms with Gasteiger partial charge in [0.1, 0.15) is 12.1 Å². The predicted molar refractivity (Wildman–Crippen MR) is 65.2 cm³/mol. The molecule has 2 aromatic rings. The summed E-state index contributed by atoms with van der Waals surface area (Å²) in [7, 11) is 1.08. The molecule has 0 aliphatic heterocycles. The fourth-order valence-corrected chi connectivity index (χ4v) is 1.86. The molecule has 0 radical (unpaired) electrons. The van der Waals surface area contributed by atoms with E-state index >= 15 is 0 Å². The summed E-state index contributed by atoms with van der Waals surface area (Å²) in [6.07, 6.45) is 0.750. The van der Waals surface area contributed by atoms with E-state index in [1.165, 1.54) is 12.1 Å². The minimum absolute atomic E-state index is 0.106. The van der Waals surface area contributed by atoms with Crippen molar-refractivity contribution in [2.24, 2.45) is 0 Å². The second-order valence-corrected chi connectivity index (χ2v) is 4.18. The summed E-state index contributed by atoms with van der Waals surface area (Å²) in [4.78, 5) is 15.1. The second kappa shape index (κ2) is 5.54. The summed E-state index contributed by atoms with van der Waals surface area (Å²) in [6.45, 7) is -2.98. The van der Waals surface area contributed by atoms with Crippen molar-refractivity contribution >= 4 is 17.6 Å². The van der Waals surface area contributed by atoms with Crippen LogP contribution in [0.5, 0.6) is 0 Å². The number of hydrogen-bond acceptors (Lipinski definition) is 3. The number of alkyl halides is 2. The van der Waals surface area contributed by atoms with Crippen LogP contribution in [0.2, 0.25) is 5.02 Å². The second-order valence-electron chi connectivity index (χ2n) is 3.74. The maximum Gasteiger partial charge on any atom is 0.358 e. The molecule has 0 fully saturated rings. The van der Waals surface area contributed by atoms with Crippen LogP contribution in [0.15, 0.2) is 24.5 Å². The first kappa shape index (κ1) is 14.4. The van der Waals surface area contributed by atoms with Gasteiger partial charge in [0.15, 0.2) is 5.69 Å². The molecule has 0 bridgehead atoms. The number of esters is 1. The molecule has 0 spiro atoms. The Labute approximate surface area is 116 Å². The molecule has 0 aliphatic rings. The van der Waals surface area contributed by atoms with Gasteiger partial charge in [-0.05, 0) is 18.2 Å². The summed E-state index contributed by atoms with van der Waals surface area (Å²) in [5.74, 6) is -1.78. The molecule has 1 aromatic carbocycles. The van der Waals surface area contributed by atoms with E-state index in [1.54, 1.807) is 0 Å². The number of rotatable bonds is 3. The van der Waals surface area contributed by atoms with E-state index in [1.807, 2.05) is 0 Å². The Morgan fingerprint density at radius 2 is 2.15 bits per heavy atom. The van der Waals surface area contributed by atoms with Crippen molar-refractivity contribution < 1.29 is 22.7 Å². The van der Waals surface area contributed by atoms with Gasteiger partial charge in [-0.15, -0.1) is 0 Å². The standard InChI is InChI=1S/C12H8ClF3N2O2/c1-20-11(19)9-10(18(5-17-9)12(15)16)7-3-2-6(13)4-8(7)14/h2-5,12H,1H3. The van der Waals surface area contributed by atoms with Crippen LogP contribution >= 0.6 is 11.6 Å². The Morgan fingerprint density at radius 1 is 1.45 bits per heavy atom. The number of halogens is 4. The zero-order chi connectivity index (χ0) is 14.9. The van der Waals surface area contributed by atoms with Crippen molar-refractivity contribution in [3.05, 3.63) is 41.1 Å². The summed E-state index contributed by atoms with van der Waals surface area (Å²) in [5, 5.41) is 0.106. The average molecular weight is 305 g/mol. The topological polar surface area (TPSA) is 44.1 Å². The van der Waals surface area contributed by atoms with Crippen LogP contribution in [0.1, 0.15) is 17.0 Å². The van der Waals surface area contributed by atoms with Crippen molar-refractivity contribution in [2.75, 3.05) is 7.11 Å². The van der Waals surface area contributed by atoms with Gasteiger partial charge in [0, 0.05) is 10.6 Å². The summed E-state index contributed by atoms with van der Waals surface area (Å²) >= 11 is 5.61. The van der Waals surface area contributed by atoms with Crippen molar-refractivity contribution in [1.82, 2.24) is 9.55 Å². The largest absolute Gasteiger partial charge is 0.464 e. The SMILES string of the molecule is COC(=O)c1ncn(C(F)F)c1-c1ccc(Cl)cc1F. The molecule has 4 nitrogen and oxygen atoms in total. The van der Waals surface area contributed by atoms with E-state index < -0.39 is 24.0 Å². The van der Waals surface area contributed by atoms with Crippen molar-refractivity contribution in [2.45, 2.75) is 6.55 Å². The first-order valence-corrected chi connectivity index (χ1v) is 5.72. The quantitative estimate of drug-likeness (QED) is 0.815. The highest BCUT2D eigenvalue weighted by Crippen LogP contribution is 2.31. The fraction of sp³-hybridized carbons (Fsp3) is 0.167. The monoisotopic (exact) mass is 304 g/mol. The van der Waals surface area contributed by atoms with E-state index in [4.69, 9.17) is 11.6 Å². The molecule has 0 saturated carbocycles. The van der Waals surface area contributed by atoms with Crippen molar-refractivity contribution in [3.63, 3.8) is 0 Å². The highest BCUT2D eigenvalue weighted by molar-refractivity contribution is 6.30. The molecule has 0 unspecified atom stereocenters. The minimum Gasteiger partial charge on any atom is -0.464 e. The smallest absolute Gasteiger partial charge is 0.358 e. The van der Waals surface area contributed by atoms with Gasteiger partial charge in [-0.1, -0.05) is 11.6 Å². The molecule has 1 heterocycles. The van der Waals surface area contributed by atoms with Crippen LogP contribution in [0.25, 0.3) is 11.3 Å². The van der Waals surface area contributed by atoms with E-state index in [0.717, 1.165) is 19.5 Å². The Balaban J connectivity index is 2.69. The van der Waals surface area contributed by atoms with E-state index in [0.29, 0.717) is 4.57 Å². The van der Waals surface area contributed by atoms with Crippen molar-refractivity contribution in [1.29, 1.82) is 0 Å². The maximum absolute atomic E-state index is 13.9. The number of nitrogens with zero attached hydrogens (tertiary/aromatic N) is 2. The number of carbonyl (C=O) groups excluding carboxylic acids is 1. The number of benzene rings is 1. The lowest BCUT2D eigenvalue weighted by atomic mass is 10.1. The van der Waals surface area contributed by atoms with Gasteiger partial charge in [0.25, 0.3) is 0 Å². The Hall–Kier alpha value is -2.02. The zero-order valence-electron chi connectivity index (χ0n) is 10.1. The molecular weight excluding hydrogens is 297 g/mol. The van der Waals surface area contributed by atoms with Crippen molar-refractivity contribution in [3.8, 4) is 11.3 Å². The van der Waals surface area contributed by atoms with Crippen LogP contribution < -0.4 is 0 Å². The van der Waals surface area contributed by atoms with Gasteiger partial charge in [0.05, 0.1) is 12.8 Å². The number of imidazole rings is 1. The fourth-order valence-electron chi connectivity index (χ4n) is 1.70. The van der Waals surface area contributed by atoms with E-state index in [-0.39, 0.29) is 16.3 Å². The first-order valence-electron chi connectivity index (χ1n) is 5.34. The van der Waals surface area contributed by atoms with Gasteiger partial charge in [-0.25, -0.2) is 14.2 Å². The number of ether oxygens (including phenoxy) is 1. The van der Waals surface area contributed by atoms with Crippen LogP contribution in [0.4, 0.5) is 13.2 Å². The number of hydrogen-bond donors (Lipinski definition) is 0. The first-order chi connectivity index (χ1) is 9.45. The van der Waals surface area contributed by atoms with Crippen LogP contribution in [-0.2, 0) is 4.74 Å².